The molecule has 0 radical (unpaired) electrons. The lowest BCUT2D eigenvalue weighted by Gasteiger charge is -2.13. The number of ether oxygens (including phenoxy) is 10. The molecule has 4 amide bonds. The first-order valence-corrected chi connectivity index (χ1v) is 42.9. The number of carbonyl (C=O) groups is 5. The summed E-state index contributed by atoms with van der Waals surface area (Å²) in [4.78, 5) is 67.9. The number of methoxy groups -OCH3 is 9. The van der Waals surface area contributed by atoms with Gasteiger partial charge in [-0.25, -0.2) is 4.39 Å². The Bertz CT molecular complexity index is 6410. The molecular formula is C107H109FN6O20. The standard InChI is InChI=1S/C27H24FNO6.C27H26N2O5.C27H27NO4.C26H32N2O5/c1-16-21(9-17-10-24(32-2)27(35-15-30)25(11-17)33-3)20-7-6-18(28)12-23(20)22(16)13-26(31)29-14-19-5-4-8-34-19;1-16-21(10-17-11-24(33-3)27(31)25(12-17)34-4)20-8-7-19(32-2)13-23(20)22(16)14-26(30)29-18-6-5-9-28-15-18;1-16-10-19(11-17(2)27(16)30)12-23-18(3)24(25-13-20(31-4)7-8-22(23)25)14-26(29)28-15-21-6-5-9-32-21;1-16-20(11-17-12-23(32-5)26(30)24(13-17)33-6)19-8-7-18(31-4)14-22(19)21(16)15-25(29)27-9-10-28(2)3/h4-12,15H,13-14H2,1-3H3,(H,29,31);5-13,15,31H,14H2,1-4H3,(H,29,30);5-13,30H,14-15H2,1-4H3,(H,28,29);7-8,11-14,30H,9-10,15H2,1-6H3,(H,27,29)/b21-9-;21-10-;23-12-;20-11-. The number of carbonyl (C=O) groups excluding carboxylic acids is 5. The van der Waals surface area contributed by atoms with Gasteiger partial charge in [0.1, 0.15) is 40.3 Å². The average Bonchev–Trinajstić information content (AvgIpc) is 1.63. The zero-order chi connectivity index (χ0) is 96.1. The highest BCUT2D eigenvalue weighted by Gasteiger charge is 2.32. The number of fused-ring (bicyclic) bond motifs is 4. The van der Waals surface area contributed by atoms with E-state index in [1.54, 1.807) is 119 Å². The first-order chi connectivity index (χ1) is 64.5. The van der Waals surface area contributed by atoms with Crippen molar-refractivity contribution in [2.45, 2.75) is 80.3 Å². The molecule has 694 valence electrons. The summed E-state index contributed by atoms with van der Waals surface area (Å²) in [5.74, 6) is 5.09. The van der Waals surface area contributed by atoms with Crippen LogP contribution in [0.5, 0.6) is 74.7 Å². The molecule has 7 N–H and O–H groups in total. The molecule has 0 unspecified atom stereocenters. The second-order valence-electron chi connectivity index (χ2n) is 32.0. The van der Waals surface area contributed by atoms with E-state index in [-0.39, 0.29) is 78.9 Å². The minimum atomic E-state index is -0.384. The van der Waals surface area contributed by atoms with Gasteiger partial charge in [-0.15, -0.1) is 0 Å². The third-order valence-corrected chi connectivity index (χ3v) is 23.2. The van der Waals surface area contributed by atoms with Gasteiger partial charge in [-0.3, -0.25) is 29.0 Å². The van der Waals surface area contributed by atoms with E-state index in [4.69, 9.17) is 56.2 Å². The molecule has 0 saturated heterocycles. The highest BCUT2D eigenvalue weighted by atomic mass is 19.1. The van der Waals surface area contributed by atoms with E-state index in [2.05, 4.69) is 32.3 Å². The Labute approximate surface area is 778 Å². The Morgan fingerprint density at radius 2 is 0.754 bits per heavy atom. The van der Waals surface area contributed by atoms with Gasteiger partial charge >= 0.3 is 0 Å². The fraction of sp³-hybridized carbons (Fsp3) is 0.234. The van der Waals surface area contributed by atoms with Crippen LogP contribution in [0, 0.1) is 19.7 Å². The van der Waals surface area contributed by atoms with Gasteiger partial charge in [0.15, 0.2) is 34.5 Å². The fourth-order valence-electron chi connectivity index (χ4n) is 16.3. The maximum Gasteiger partial charge on any atom is 0.298 e. The second-order valence-corrected chi connectivity index (χ2v) is 32.0. The van der Waals surface area contributed by atoms with Crippen LogP contribution >= 0.6 is 0 Å². The van der Waals surface area contributed by atoms with Crippen molar-refractivity contribution in [1.82, 2.24) is 25.8 Å². The van der Waals surface area contributed by atoms with Crippen LogP contribution in [0.1, 0.15) is 143 Å². The number of likely N-dealkylation sites (N-methyl/N-ethyl adjacent to an activating group) is 1. The predicted octanol–water partition coefficient (Wildman–Crippen LogP) is 19.6. The van der Waals surface area contributed by atoms with Crippen molar-refractivity contribution in [1.29, 1.82) is 0 Å². The number of hydrogen-bond donors (Lipinski definition) is 7. The predicted molar refractivity (Wildman–Crippen MR) is 517 cm³/mol. The summed E-state index contributed by atoms with van der Waals surface area (Å²) < 4.78 is 78.0. The number of hydrogen-bond acceptors (Lipinski definition) is 22. The number of rotatable bonds is 31. The van der Waals surface area contributed by atoms with Crippen LogP contribution in [-0.2, 0) is 37.1 Å². The minimum Gasteiger partial charge on any atom is -0.507 e. The minimum absolute atomic E-state index is 0.0193. The van der Waals surface area contributed by atoms with Crippen LogP contribution in [0.2, 0.25) is 0 Å². The average molecular weight is 1820 g/mol. The van der Waals surface area contributed by atoms with Gasteiger partial charge in [-0.05, 0) is 358 Å². The number of aromatic hydroxyl groups is 3. The number of anilines is 1. The van der Waals surface area contributed by atoms with Crippen molar-refractivity contribution in [2.75, 3.05) is 96.5 Å². The highest BCUT2D eigenvalue weighted by Crippen LogP contribution is 2.52. The van der Waals surface area contributed by atoms with Crippen LogP contribution in [0.4, 0.5) is 10.1 Å². The third kappa shape index (κ3) is 23.0. The molecular weight excluding hydrogens is 1710 g/mol. The van der Waals surface area contributed by atoms with E-state index in [0.29, 0.717) is 88.1 Å². The summed E-state index contributed by atoms with van der Waals surface area (Å²) in [5, 5.41) is 42.3. The van der Waals surface area contributed by atoms with Crippen LogP contribution in [0.15, 0.2) is 214 Å². The third-order valence-electron chi connectivity index (χ3n) is 23.2. The molecule has 0 atom stereocenters. The number of phenols is 3. The van der Waals surface area contributed by atoms with Gasteiger partial charge in [0.2, 0.25) is 40.9 Å². The molecule has 11 aromatic rings. The smallest absolute Gasteiger partial charge is 0.298 e. The summed E-state index contributed by atoms with van der Waals surface area (Å²) in [6.07, 6.45) is 15.3. The Morgan fingerprint density at radius 1 is 0.403 bits per heavy atom. The summed E-state index contributed by atoms with van der Waals surface area (Å²) in [6, 6.07) is 47.3. The number of nitrogens with one attached hydrogen (secondary N) is 4. The maximum absolute atomic E-state index is 14.2. The quantitative estimate of drug-likeness (QED) is 0.0198. The number of furan rings is 2. The number of pyridine rings is 1. The van der Waals surface area contributed by atoms with Gasteiger partial charge in [0.25, 0.3) is 6.47 Å². The number of phenolic OH excluding ortho intramolecular Hbond substituents is 3. The van der Waals surface area contributed by atoms with Crippen molar-refractivity contribution in [3.8, 4) is 74.7 Å². The number of nitrogens with zero attached hydrogens (tertiary/aromatic N) is 2. The molecule has 8 aromatic carbocycles. The molecule has 0 spiro atoms. The number of allylic oxidation sites excluding steroid dienone is 8. The largest absolute Gasteiger partial charge is 0.507 e. The van der Waals surface area contributed by atoms with Crippen LogP contribution in [0.25, 0.3) is 68.9 Å². The van der Waals surface area contributed by atoms with Crippen LogP contribution in [0.3, 0.4) is 0 Å². The lowest BCUT2D eigenvalue weighted by Crippen LogP contribution is -2.31. The van der Waals surface area contributed by atoms with Gasteiger partial charge in [0, 0.05) is 19.3 Å². The Hall–Kier alpha value is -15.8. The monoisotopic (exact) mass is 1820 g/mol. The van der Waals surface area contributed by atoms with Crippen molar-refractivity contribution in [2.24, 2.45) is 0 Å². The first kappa shape index (κ1) is 97.3. The number of halogens is 1. The van der Waals surface area contributed by atoms with Gasteiger partial charge in [-0.2, -0.15) is 0 Å². The van der Waals surface area contributed by atoms with E-state index < -0.39 is 0 Å². The van der Waals surface area contributed by atoms with Crippen LogP contribution in [-0.4, -0.2) is 146 Å². The summed E-state index contributed by atoms with van der Waals surface area (Å²) >= 11 is 0. The number of amides is 4. The van der Waals surface area contributed by atoms with E-state index in [1.165, 1.54) is 54.8 Å². The molecule has 26 nitrogen and oxygen atoms in total. The zero-order valence-corrected chi connectivity index (χ0v) is 77.9. The molecule has 3 aromatic heterocycles. The fourth-order valence-corrected chi connectivity index (χ4v) is 16.3. The normalized spacial score (nSPS) is 13.8. The van der Waals surface area contributed by atoms with E-state index >= 15 is 0 Å². The van der Waals surface area contributed by atoms with Gasteiger partial charge in [0.05, 0.1) is 127 Å². The van der Waals surface area contributed by atoms with Crippen molar-refractivity contribution < 1.29 is 99.9 Å². The van der Waals surface area contributed by atoms with Gasteiger partial charge < -0.3 is 97.7 Å². The molecule has 4 aliphatic rings. The van der Waals surface area contributed by atoms with E-state index in [1.807, 2.05) is 152 Å². The molecule has 4 aliphatic carbocycles. The summed E-state index contributed by atoms with van der Waals surface area (Å²) in [5.41, 5.74) is 24.5. The topological polar surface area (TPSA) is 329 Å². The Morgan fingerprint density at radius 3 is 1.09 bits per heavy atom. The molecule has 0 aliphatic heterocycles. The van der Waals surface area contributed by atoms with E-state index in [9.17, 15) is 43.7 Å². The van der Waals surface area contributed by atoms with Crippen molar-refractivity contribution in [3.05, 3.63) is 300 Å². The summed E-state index contributed by atoms with van der Waals surface area (Å²) in [7, 11) is 17.7. The number of aryl methyl sites for hydroxylation is 2. The van der Waals surface area contributed by atoms with Crippen molar-refractivity contribution >= 4 is 105 Å². The lowest BCUT2D eigenvalue weighted by molar-refractivity contribution is -0.121. The summed E-state index contributed by atoms with van der Waals surface area (Å²) in [6.45, 7) is 14.1. The molecule has 0 fully saturated rings. The Kier molecular flexibility index (Phi) is 32.5. The van der Waals surface area contributed by atoms with E-state index in [0.717, 1.165) is 157 Å². The number of benzene rings is 8. The lowest BCUT2D eigenvalue weighted by atomic mass is 9.98. The zero-order valence-electron chi connectivity index (χ0n) is 77.9. The second kappa shape index (κ2) is 44.7. The molecule has 3 heterocycles. The SMILES string of the molecule is COc1cc(/C=C2/C(C)=C(CC(=O)NCc3ccco3)c3cc(F)ccc32)cc(OC)c1OC=O.COc1ccc2c(c1)C(CC(=O)NCCN(C)C)=C(C)/C2=C/c1cc(OC)c(O)c(OC)c1.COc1ccc2c(c1)C(CC(=O)NCc1ccco1)=C(C)/C2=C/c1cc(C)c(O)c(C)c1.COc1ccc2c(c1)C(CC(=O)Nc1cccnc1)=C(C)/C2=C/c1cc(OC)c(O)c(OC)c1. The molecule has 0 bridgehead atoms. The van der Waals surface area contributed by atoms with Crippen molar-refractivity contribution in [3.63, 3.8) is 0 Å². The van der Waals surface area contributed by atoms with Gasteiger partial charge in [-0.1, -0.05) is 24.3 Å². The molecule has 27 heteroatoms. The Balaban J connectivity index is 0.000000161. The maximum atomic E-state index is 14.2. The molecule has 134 heavy (non-hydrogen) atoms. The highest BCUT2D eigenvalue weighted by molar-refractivity contribution is 6.13. The first-order valence-electron chi connectivity index (χ1n) is 42.9. The molecule has 0 saturated carbocycles. The van der Waals surface area contributed by atoms with Crippen LogP contribution < -0.4 is 68.6 Å². The molecule has 15 rings (SSSR count). The number of aromatic nitrogens is 1.